The van der Waals surface area contributed by atoms with Gasteiger partial charge in [0.05, 0.1) is 11.9 Å². The molecule has 2 unspecified atom stereocenters. The molecule has 0 aromatic heterocycles. The highest BCUT2D eigenvalue weighted by molar-refractivity contribution is 5.47. The Morgan fingerprint density at radius 3 is 2.59 bits per heavy atom. The van der Waals surface area contributed by atoms with E-state index in [1.807, 2.05) is 0 Å². The number of hydrogen-bond acceptors (Lipinski definition) is 5. The Balaban J connectivity index is 1.52. The average molecular weight is 303 g/mol. The summed E-state index contributed by atoms with van der Waals surface area (Å²) in [6.45, 7) is 8.75. The van der Waals surface area contributed by atoms with Crippen LogP contribution >= 0.6 is 0 Å². The van der Waals surface area contributed by atoms with E-state index in [0.717, 1.165) is 45.2 Å². The van der Waals surface area contributed by atoms with Crippen molar-refractivity contribution in [2.75, 3.05) is 51.8 Å². The van der Waals surface area contributed by atoms with Crippen molar-refractivity contribution in [2.24, 2.45) is 5.92 Å². The molecule has 22 heavy (non-hydrogen) atoms. The van der Waals surface area contributed by atoms with Gasteiger partial charge in [0.25, 0.3) is 0 Å². The third-order valence-corrected chi connectivity index (χ3v) is 4.77. The number of anilines is 1. The Hall–Kier alpha value is -1.14. The van der Waals surface area contributed by atoms with Gasteiger partial charge in [-0.25, -0.2) is 5.43 Å². The van der Waals surface area contributed by atoms with Crippen molar-refractivity contribution in [3.05, 3.63) is 29.8 Å². The van der Waals surface area contributed by atoms with Gasteiger partial charge in [-0.15, -0.1) is 0 Å². The van der Waals surface area contributed by atoms with Crippen molar-refractivity contribution < 1.29 is 0 Å². The molecule has 1 aromatic carbocycles. The fourth-order valence-corrected chi connectivity index (χ4v) is 3.16. The van der Waals surface area contributed by atoms with Crippen LogP contribution in [0.15, 0.2) is 24.3 Å². The normalized spacial score (nSPS) is 27.5. The predicted octanol–water partition coefficient (Wildman–Crippen LogP) is 0.940. The number of rotatable bonds is 4. The zero-order chi connectivity index (χ0) is 15.5. The summed E-state index contributed by atoms with van der Waals surface area (Å²) < 4.78 is 0. The lowest BCUT2D eigenvalue weighted by molar-refractivity contribution is 0.0915. The molecular formula is C17H29N5. The highest BCUT2D eigenvalue weighted by Crippen LogP contribution is 2.18. The molecule has 0 radical (unpaired) electrons. The van der Waals surface area contributed by atoms with Gasteiger partial charge in [-0.1, -0.05) is 19.1 Å². The highest BCUT2D eigenvalue weighted by Gasteiger charge is 2.21. The Kier molecular flexibility index (Phi) is 4.98. The summed E-state index contributed by atoms with van der Waals surface area (Å²) in [5.74, 6) is 0.722. The van der Waals surface area contributed by atoms with Crippen LogP contribution in [0.1, 0.15) is 12.5 Å². The van der Waals surface area contributed by atoms with Gasteiger partial charge in [0.2, 0.25) is 0 Å². The van der Waals surface area contributed by atoms with Gasteiger partial charge in [-0.05, 0) is 37.7 Å². The first-order valence-corrected chi connectivity index (χ1v) is 8.34. The second-order valence-electron chi connectivity index (χ2n) is 6.88. The molecule has 2 atom stereocenters. The topological polar surface area (TPSA) is 33.8 Å². The van der Waals surface area contributed by atoms with Crippen LogP contribution in [0, 0.1) is 5.92 Å². The average Bonchev–Trinajstić information content (AvgIpc) is 2.95. The molecule has 0 spiro atoms. The fraction of sp³-hybridized carbons (Fsp3) is 0.647. The second-order valence-corrected chi connectivity index (χ2v) is 6.88. The number of nitrogens with zero attached hydrogens (tertiary/aromatic N) is 3. The Bertz CT molecular complexity index is 474. The van der Waals surface area contributed by atoms with Crippen LogP contribution in [0.3, 0.4) is 0 Å². The minimum absolute atomic E-state index is 0.444. The molecule has 2 N–H and O–H groups in total. The Morgan fingerprint density at radius 1 is 1.14 bits per heavy atom. The van der Waals surface area contributed by atoms with Crippen LogP contribution in [0.2, 0.25) is 0 Å². The molecule has 2 heterocycles. The molecule has 5 nitrogen and oxygen atoms in total. The van der Waals surface area contributed by atoms with E-state index < -0.39 is 0 Å². The van der Waals surface area contributed by atoms with E-state index in [1.165, 1.54) is 11.3 Å². The van der Waals surface area contributed by atoms with Crippen molar-refractivity contribution in [1.82, 2.24) is 20.5 Å². The predicted molar refractivity (Wildman–Crippen MR) is 91.7 cm³/mol. The third kappa shape index (κ3) is 3.79. The molecule has 0 amide bonds. The van der Waals surface area contributed by atoms with E-state index in [1.54, 1.807) is 0 Å². The van der Waals surface area contributed by atoms with Crippen molar-refractivity contribution in [3.8, 4) is 0 Å². The number of nitrogens with one attached hydrogen (secondary N) is 2. The molecule has 0 saturated carbocycles. The lowest BCUT2D eigenvalue weighted by atomic mass is 10.1. The summed E-state index contributed by atoms with van der Waals surface area (Å²) in [5, 5.41) is 5.92. The van der Waals surface area contributed by atoms with E-state index in [0.29, 0.717) is 6.17 Å². The number of hydrogen-bond donors (Lipinski definition) is 2. The van der Waals surface area contributed by atoms with E-state index >= 15 is 0 Å². The number of piperazine rings is 1. The monoisotopic (exact) mass is 303 g/mol. The maximum atomic E-state index is 3.67. The molecule has 122 valence electrons. The first kappa shape index (κ1) is 15.7. The Labute approximate surface area is 134 Å². The molecule has 0 bridgehead atoms. The Morgan fingerprint density at radius 2 is 1.91 bits per heavy atom. The summed E-state index contributed by atoms with van der Waals surface area (Å²) in [6.07, 6.45) is 0.444. The first-order chi connectivity index (χ1) is 10.6. The number of likely N-dealkylation sites (N-methyl/N-ethyl adjacent to an activating group) is 2. The van der Waals surface area contributed by atoms with Gasteiger partial charge in [-0.2, -0.15) is 0 Å². The quantitative estimate of drug-likeness (QED) is 0.865. The van der Waals surface area contributed by atoms with Gasteiger partial charge in [0, 0.05) is 39.3 Å². The number of benzene rings is 1. The van der Waals surface area contributed by atoms with Gasteiger partial charge in [0.15, 0.2) is 0 Å². The maximum Gasteiger partial charge on any atom is 0.0728 e. The molecule has 3 rings (SSSR count). The minimum atomic E-state index is 0.444. The van der Waals surface area contributed by atoms with Crippen LogP contribution in [-0.4, -0.2) is 62.8 Å². The molecule has 2 fully saturated rings. The molecule has 2 aliphatic heterocycles. The third-order valence-electron chi connectivity index (χ3n) is 4.77. The standard InChI is InChI=1S/C17H29N5/c1-14-10-19-22(12-14)16-6-4-15(5-7-16)11-18-17-13-20(2)8-9-21(17)3/h4-7,14,17-19H,8-13H2,1-3H3. The summed E-state index contributed by atoms with van der Waals surface area (Å²) >= 11 is 0. The van der Waals surface area contributed by atoms with E-state index in [-0.39, 0.29) is 0 Å². The second kappa shape index (κ2) is 6.96. The van der Waals surface area contributed by atoms with Crippen LogP contribution < -0.4 is 15.8 Å². The molecule has 0 aliphatic carbocycles. The zero-order valence-corrected chi connectivity index (χ0v) is 14.0. The molecule has 2 aliphatic rings. The van der Waals surface area contributed by atoms with Gasteiger partial charge in [-0.3, -0.25) is 10.2 Å². The van der Waals surface area contributed by atoms with Gasteiger partial charge in [0.1, 0.15) is 0 Å². The lowest BCUT2D eigenvalue weighted by Gasteiger charge is -2.38. The largest absolute Gasteiger partial charge is 0.308 e. The van der Waals surface area contributed by atoms with Crippen LogP contribution in [0.25, 0.3) is 0 Å². The van der Waals surface area contributed by atoms with Crippen LogP contribution in [0.5, 0.6) is 0 Å². The van der Waals surface area contributed by atoms with Crippen molar-refractivity contribution in [2.45, 2.75) is 19.6 Å². The van der Waals surface area contributed by atoms with E-state index in [2.05, 4.69) is 70.8 Å². The summed E-state index contributed by atoms with van der Waals surface area (Å²) in [4.78, 5) is 4.80. The van der Waals surface area contributed by atoms with Gasteiger partial charge >= 0.3 is 0 Å². The van der Waals surface area contributed by atoms with Crippen molar-refractivity contribution >= 4 is 5.69 Å². The smallest absolute Gasteiger partial charge is 0.0728 e. The summed E-state index contributed by atoms with van der Waals surface area (Å²) in [7, 11) is 4.40. The maximum absolute atomic E-state index is 3.67. The molecule has 5 heteroatoms. The minimum Gasteiger partial charge on any atom is -0.308 e. The lowest BCUT2D eigenvalue weighted by Crippen LogP contribution is -2.56. The fourth-order valence-electron chi connectivity index (χ4n) is 3.16. The summed E-state index contributed by atoms with van der Waals surface area (Å²) in [5.41, 5.74) is 6.05. The molecule has 2 saturated heterocycles. The molecular weight excluding hydrogens is 274 g/mol. The van der Waals surface area contributed by atoms with E-state index in [9.17, 15) is 0 Å². The SMILES string of the molecule is CC1CNN(c2ccc(CNC3CN(C)CCN3C)cc2)C1. The van der Waals surface area contributed by atoms with Crippen molar-refractivity contribution in [1.29, 1.82) is 0 Å². The van der Waals surface area contributed by atoms with Crippen LogP contribution in [0.4, 0.5) is 5.69 Å². The summed E-state index contributed by atoms with van der Waals surface area (Å²) in [6, 6.07) is 8.91. The van der Waals surface area contributed by atoms with E-state index in [4.69, 9.17) is 0 Å². The van der Waals surface area contributed by atoms with Crippen molar-refractivity contribution in [3.63, 3.8) is 0 Å². The van der Waals surface area contributed by atoms with Gasteiger partial charge < -0.3 is 9.91 Å². The highest BCUT2D eigenvalue weighted by atomic mass is 15.5. The first-order valence-electron chi connectivity index (χ1n) is 8.34. The zero-order valence-electron chi connectivity index (χ0n) is 14.0. The van der Waals surface area contributed by atoms with Crippen LogP contribution in [-0.2, 0) is 6.54 Å². The number of hydrazine groups is 1. The molecule has 1 aromatic rings.